The topological polar surface area (TPSA) is 118 Å². The van der Waals surface area contributed by atoms with E-state index in [-0.39, 0.29) is 6.42 Å². The third-order valence-corrected chi connectivity index (χ3v) is 1.37. The lowest BCUT2D eigenvalue weighted by atomic mass is 10.1. The summed E-state index contributed by atoms with van der Waals surface area (Å²) in [5.74, 6) is -4.22. The van der Waals surface area contributed by atoms with Crippen LogP contribution in [0.15, 0.2) is 12.7 Å². The van der Waals surface area contributed by atoms with Gasteiger partial charge in [-0.15, -0.1) is 0 Å². The van der Waals surface area contributed by atoms with Gasteiger partial charge >= 0.3 is 11.9 Å². The van der Waals surface area contributed by atoms with Crippen molar-refractivity contribution >= 4 is 17.8 Å². The Balaban J connectivity index is 0. The van der Waals surface area contributed by atoms with Crippen molar-refractivity contribution in [3.63, 3.8) is 0 Å². The number of carbonyl (C=O) groups excluding carboxylic acids is 1. The van der Waals surface area contributed by atoms with Crippen LogP contribution >= 0.6 is 0 Å². The third-order valence-electron chi connectivity index (χ3n) is 1.37. The highest BCUT2D eigenvalue weighted by Crippen LogP contribution is 2.05. The number of amides is 1. The van der Waals surface area contributed by atoms with Crippen molar-refractivity contribution in [3.8, 4) is 0 Å². The number of hydrogen-bond acceptors (Lipinski definition) is 3. The summed E-state index contributed by atoms with van der Waals surface area (Å²) >= 11 is 0. The molecule has 6 nitrogen and oxygen atoms in total. The molecule has 1 amide bonds. The summed E-state index contributed by atoms with van der Waals surface area (Å²) in [5.41, 5.74) is 4.53. The fourth-order valence-electron chi connectivity index (χ4n) is 0.641. The molecule has 0 rings (SSSR count). The third kappa shape index (κ3) is 10.1. The molecule has 0 radical (unpaired) electrons. The summed E-state index contributed by atoms with van der Waals surface area (Å²) in [6.07, 6.45) is 1.83. The monoisotopic (exact) mass is 217 g/mol. The van der Waals surface area contributed by atoms with Gasteiger partial charge in [0.15, 0.2) is 5.92 Å². The van der Waals surface area contributed by atoms with Gasteiger partial charge < -0.3 is 15.9 Å². The maximum absolute atomic E-state index is 10.2. The van der Waals surface area contributed by atoms with Gasteiger partial charge in [-0.1, -0.05) is 19.9 Å². The average molecular weight is 217 g/mol. The van der Waals surface area contributed by atoms with Crippen LogP contribution in [0.3, 0.4) is 0 Å². The van der Waals surface area contributed by atoms with Gasteiger partial charge in [0.05, 0.1) is 0 Å². The summed E-state index contributed by atoms with van der Waals surface area (Å²) in [5, 5.41) is 16.6. The van der Waals surface area contributed by atoms with Gasteiger partial charge in [-0.3, -0.25) is 14.4 Å². The zero-order chi connectivity index (χ0) is 12.4. The van der Waals surface area contributed by atoms with Crippen molar-refractivity contribution in [1.29, 1.82) is 0 Å². The molecule has 0 heterocycles. The van der Waals surface area contributed by atoms with Gasteiger partial charge in [-0.2, -0.15) is 0 Å². The minimum absolute atomic E-state index is 0.199. The predicted molar refractivity (Wildman–Crippen MR) is 53.1 cm³/mol. The first kappa shape index (κ1) is 15.6. The Morgan fingerprint density at radius 2 is 1.67 bits per heavy atom. The molecule has 15 heavy (non-hydrogen) atoms. The summed E-state index contributed by atoms with van der Waals surface area (Å²) in [4.78, 5) is 29.8. The Morgan fingerprint density at radius 3 is 1.73 bits per heavy atom. The Morgan fingerprint density at radius 1 is 1.33 bits per heavy atom. The van der Waals surface area contributed by atoms with Crippen LogP contribution < -0.4 is 5.73 Å². The van der Waals surface area contributed by atoms with Crippen molar-refractivity contribution < 1.29 is 24.6 Å². The molecule has 6 heteroatoms. The molecule has 0 spiro atoms. The zero-order valence-electron chi connectivity index (χ0n) is 8.47. The van der Waals surface area contributed by atoms with Gasteiger partial charge in [-0.05, 0) is 12.5 Å². The first-order valence-corrected chi connectivity index (χ1v) is 4.24. The molecule has 4 N–H and O–H groups in total. The second kappa shape index (κ2) is 8.74. The van der Waals surface area contributed by atoms with E-state index in [0.29, 0.717) is 6.42 Å². The molecule has 0 aliphatic heterocycles. The maximum atomic E-state index is 10.2. The molecule has 0 saturated heterocycles. The number of nitrogens with two attached hydrogens (primary N) is 1. The molecule has 0 unspecified atom stereocenters. The van der Waals surface area contributed by atoms with Crippen LogP contribution in [-0.4, -0.2) is 28.1 Å². The molecule has 0 bridgehead atoms. The van der Waals surface area contributed by atoms with Gasteiger partial charge in [0.1, 0.15) is 0 Å². The largest absolute Gasteiger partial charge is 0.481 e. The maximum Gasteiger partial charge on any atom is 0.317 e. The highest BCUT2D eigenvalue weighted by Gasteiger charge is 2.23. The van der Waals surface area contributed by atoms with Crippen molar-refractivity contribution in [2.45, 2.75) is 19.8 Å². The number of hydrogen-bond donors (Lipinski definition) is 3. The Hall–Kier alpha value is -1.85. The van der Waals surface area contributed by atoms with E-state index in [1.807, 2.05) is 0 Å². The normalized spacial score (nSPS) is 8.67. The molecule has 0 aliphatic carbocycles. The quantitative estimate of drug-likeness (QED) is 0.450. The van der Waals surface area contributed by atoms with Gasteiger partial charge in [0, 0.05) is 0 Å². The van der Waals surface area contributed by atoms with Crippen LogP contribution in [0.25, 0.3) is 0 Å². The lowest BCUT2D eigenvalue weighted by Crippen LogP contribution is -2.22. The Labute approximate surface area is 87.4 Å². The lowest BCUT2D eigenvalue weighted by molar-refractivity contribution is -0.154. The molecule has 0 aromatic carbocycles. The van der Waals surface area contributed by atoms with Gasteiger partial charge in [-0.25, -0.2) is 0 Å². The number of carboxylic acids is 2. The SMILES string of the molecule is C=CC(N)=O.CCCC(C(=O)O)C(=O)O. The Kier molecular flexibility index (Phi) is 9.09. The van der Waals surface area contributed by atoms with Crippen molar-refractivity contribution in [3.05, 3.63) is 12.7 Å². The molecule has 0 aliphatic rings. The molecular weight excluding hydrogens is 202 g/mol. The smallest absolute Gasteiger partial charge is 0.317 e. The minimum atomic E-state index is -1.26. The zero-order valence-corrected chi connectivity index (χ0v) is 8.47. The standard InChI is InChI=1S/C6H10O4.C3H5NO/c1-2-3-4(5(7)8)6(9)10;1-2-3(4)5/h4H,2-3H2,1H3,(H,7,8)(H,9,10);2H,1H2,(H2,4,5). The molecular formula is C9H15NO5. The van der Waals surface area contributed by atoms with E-state index < -0.39 is 23.8 Å². The van der Waals surface area contributed by atoms with Crippen molar-refractivity contribution in [2.24, 2.45) is 11.7 Å². The average Bonchev–Trinajstić information content (AvgIpc) is 2.14. The van der Waals surface area contributed by atoms with Crippen LogP contribution in [0.2, 0.25) is 0 Å². The van der Waals surface area contributed by atoms with Crippen LogP contribution in [0.1, 0.15) is 19.8 Å². The minimum Gasteiger partial charge on any atom is -0.481 e. The number of aliphatic carboxylic acids is 2. The van der Waals surface area contributed by atoms with Crippen LogP contribution in [0, 0.1) is 5.92 Å². The first-order chi connectivity index (χ1) is 6.86. The van der Waals surface area contributed by atoms with E-state index in [1.165, 1.54) is 0 Å². The molecule has 0 aromatic heterocycles. The van der Waals surface area contributed by atoms with E-state index in [9.17, 15) is 14.4 Å². The van der Waals surface area contributed by atoms with Crippen molar-refractivity contribution in [2.75, 3.05) is 0 Å². The number of carbonyl (C=O) groups is 3. The van der Waals surface area contributed by atoms with E-state index in [1.54, 1.807) is 6.92 Å². The van der Waals surface area contributed by atoms with Crippen LogP contribution in [0.5, 0.6) is 0 Å². The molecule has 86 valence electrons. The van der Waals surface area contributed by atoms with E-state index in [0.717, 1.165) is 6.08 Å². The van der Waals surface area contributed by atoms with Crippen LogP contribution in [-0.2, 0) is 14.4 Å². The summed E-state index contributed by atoms with van der Waals surface area (Å²) in [6, 6.07) is 0. The molecule has 0 aromatic rings. The molecule has 0 atom stereocenters. The summed E-state index contributed by atoms with van der Waals surface area (Å²) in [6.45, 7) is 4.83. The van der Waals surface area contributed by atoms with E-state index >= 15 is 0 Å². The molecule has 0 saturated carbocycles. The number of rotatable bonds is 5. The first-order valence-electron chi connectivity index (χ1n) is 4.24. The van der Waals surface area contributed by atoms with Crippen LogP contribution in [0.4, 0.5) is 0 Å². The van der Waals surface area contributed by atoms with E-state index in [2.05, 4.69) is 12.3 Å². The summed E-state index contributed by atoms with van der Waals surface area (Å²) in [7, 11) is 0. The fraction of sp³-hybridized carbons (Fsp3) is 0.444. The highest BCUT2D eigenvalue weighted by molar-refractivity contribution is 5.92. The summed E-state index contributed by atoms with van der Waals surface area (Å²) < 4.78 is 0. The second-order valence-corrected chi connectivity index (χ2v) is 2.62. The number of primary amides is 1. The second-order valence-electron chi connectivity index (χ2n) is 2.62. The Bertz CT molecular complexity index is 235. The van der Waals surface area contributed by atoms with Crippen molar-refractivity contribution in [1.82, 2.24) is 0 Å². The molecule has 0 fully saturated rings. The predicted octanol–water partition coefficient (Wildman–Crippen LogP) is 0.230. The highest BCUT2D eigenvalue weighted by atomic mass is 16.4. The fourth-order valence-corrected chi connectivity index (χ4v) is 0.641. The van der Waals surface area contributed by atoms with Gasteiger partial charge in [0.25, 0.3) is 0 Å². The number of carboxylic acid groups (broad SMARTS) is 2. The van der Waals surface area contributed by atoms with E-state index in [4.69, 9.17) is 10.2 Å². The van der Waals surface area contributed by atoms with Gasteiger partial charge in [0.2, 0.25) is 5.91 Å². The lowest BCUT2D eigenvalue weighted by Gasteiger charge is -2.02.